The van der Waals surface area contributed by atoms with Gasteiger partial charge in [0.05, 0.1) is 12.2 Å². The van der Waals surface area contributed by atoms with Gasteiger partial charge in [0.15, 0.2) is 0 Å². The van der Waals surface area contributed by atoms with Gasteiger partial charge in [0.1, 0.15) is 5.82 Å². The smallest absolute Gasteiger partial charge is 0.123 e. The standard InChI is InChI=1S/C20H21FN4/c1-25-13-15(12-23-25)20(14-5-2-6-16(21)11-14)24-19-9-3-8-18-17(19)7-4-10-22-18/h2,4-7,10-13,19-20,24H,3,8-9H2,1H3. The van der Waals surface area contributed by atoms with Crippen LogP contribution < -0.4 is 5.32 Å². The molecule has 25 heavy (non-hydrogen) atoms. The van der Waals surface area contributed by atoms with Crippen molar-refractivity contribution in [3.63, 3.8) is 0 Å². The largest absolute Gasteiger partial charge is 0.299 e. The Morgan fingerprint density at radius 3 is 2.96 bits per heavy atom. The zero-order valence-corrected chi connectivity index (χ0v) is 14.2. The predicted octanol–water partition coefficient (Wildman–Crippen LogP) is 3.71. The summed E-state index contributed by atoms with van der Waals surface area (Å²) >= 11 is 0. The predicted molar refractivity (Wildman–Crippen MR) is 94.5 cm³/mol. The summed E-state index contributed by atoms with van der Waals surface area (Å²) in [7, 11) is 1.89. The molecule has 2 unspecified atom stereocenters. The van der Waals surface area contributed by atoms with Crippen molar-refractivity contribution >= 4 is 0 Å². The number of hydrogen-bond acceptors (Lipinski definition) is 3. The minimum absolute atomic E-state index is 0.111. The maximum atomic E-state index is 13.8. The van der Waals surface area contributed by atoms with Gasteiger partial charge < -0.3 is 0 Å². The summed E-state index contributed by atoms with van der Waals surface area (Å²) < 4.78 is 15.6. The van der Waals surface area contributed by atoms with Gasteiger partial charge in [0.25, 0.3) is 0 Å². The second-order valence-corrected chi connectivity index (χ2v) is 6.59. The second kappa shape index (κ2) is 6.76. The normalized spacial score (nSPS) is 17.9. The Hall–Kier alpha value is -2.53. The van der Waals surface area contributed by atoms with Gasteiger partial charge in [-0.3, -0.25) is 15.0 Å². The Bertz CT molecular complexity index is 873. The van der Waals surface area contributed by atoms with Crippen molar-refractivity contribution in [2.24, 2.45) is 7.05 Å². The number of halogens is 1. The molecule has 0 spiro atoms. The molecule has 2 heterocycles. The molecular weight excluding hydrogens is 315 g/mol. The molecule has 0 aliphatic heterocycles. The molecule has 0 amide bonds. The van der Waals surface area contributed by atoms with Gasteiger partial charge in [-0.1, -0.05) is 18.2 Å². The van der Waals surface area contributed by atoms with Crippen LogP contribution in [0.1, 0.15) is 47.3 Å². The van der Waals surface area contributed by atoms with Crippen LogP contribution in [0.3, 0.4) is 0 Å². The van der Waals surface area contributed by atoms with Crippen LogP contribution in [0.25, 0.3) is 0 Å². The van der Waals surface area contributed by atoms with Gasteiger partial charge in [-0.25, -0.2) is 4.39 Å². The molecule has 1 N–H and O–H groups in total. The number of aryl methyl sites for hydroxylation is 2. The molecule has 128 valence electrons. The van der Waals surface area contributed by atoms with Crippen molar-refractivity contribution in [3.8, 4) is 0 Å². The summed E-state index contributed by atoms with van der Waals surface area (Å²) in [6.07, 6.45) is 8.85. The number of aromatic nitrogens is 3. The van der Waals surface area contributed by atoms with E-state index in [2.05, 4.69) is 21.5 Å². The van der Waals surface area contributed by atoms with Gasteiger partial charge in [-0.15, -0.1) is 0 Å². The van der Waals surface area contributed by atoms with Crippen LogP contribution >= 0.6 is 0 Å². The molecule has 5 heteroatoms. The van der Waals surface area contributed by atoms with Crippen LogP contribution in [0.2, 0.25) is 0 Å². The van der Waals surface area contributed by atoms with Gasteiger partial charge in [0, 0.05) is 36.7 Å². The highest BCUT2D eigenvalue weighted by Crippen LogP contribution is 2.32. The topological polar surface area (TPSA) is 42.7 Å². The number of nitrogens with zero attached hydrogens (tertiary/aromatic N) is 3. The first kappa shape index (κ1) is 16.0. The Kier molecular flexibility index (Phi) is 4.32. The lowest BCUT2D eigenvalue weighted by Gasteiger charge is -2.30. The molecular formula is C20H21FN4. The van der Waals surface area contributed by atoms with Crippen LogP contribution in [0.5, 0.6) is 0 Å². The summed E-state index contributed by atoms with van der Waals surface area (Å²) in [6, 6.07) is 11.0. The van der Waals surface area contributed by atoms with Crippen LogP contribution in [0.4, 0.5) is 4.39 Å². The van der Waals surface area contributed by atoms with Crippen molar-refractivity contribution in [2.75, 3.05) is 0 Å². The van der Waals surface area contributed by atoms with Gasteiger partial charge >= 0.3 is 0 Å². The minimum Gasteiger partial charge on any atom is -0.299 e. The number of benzene rings is 1. The van der Waals surface area contributed by atoms with E-state index >= 15 is 0 Å². The van der Waals surface area contributed by atoms with Gasteiger partial charge in [-0.2, -0.15) is 5.10 Å². The van der Waals surface area contributed by atoms with E-state index < -0.39 is 0 Å². The highest BCUT2D eigenvalue weighted by Gasteiger charge is 2.25. The third kappa shape index (κ3) is 3.33. The number of fused-ring (bicyclic) bond motifs is 1. The molecule has 0 saturated heterocycles. The zero-order valence-electron chi connectivity index (χ0n) is 14.2. The highest BCUT2D eigenvalue weighted by molar-refractivity contribution is 5.32. The number of nitrogens with one attached hydrogen (secondary N) is 1. The molecule has 0 saturated carbocycles. The first-order chi connectivity index (χ1) is 12.2. The molecule has 0 bridgehead atoms. The number of pyridine rings is 1. The van der Waals surface area contributed by atoms with Crippen molar-refractivity contribution < 1.29 is 4.39 Å². The summed E-state index contributed by atoms with van der Waals surface area (Å²) in [5.41, 5.74) is 4.35. The number of rotatable bonds is 4. The fourth-order valence-electron chi connectivity index (χ4n) is 3.64. The molecule has 1 aliphatic rings. The zero-order chi connectivity index (χ0) is 17.2. The molecule has 4 rings (SSSR count). The Morgan fingerprint density at radius 2 is 2.16 bits per heavy atom. The molecule has 3 aromatic rings. The Morgan fingerprint density at radius 1 is 1.24 bits per heavy atom. The second-order valence-electron chi connectivity index (χ2n) is 6.59. The lowest BCUT2D eigenvalue weighted by molar-refractivity contribution is 0.423. The fourth-order valence-corrected chi connectivity index (χ4v) is 3.64. The Balaban J connectivity index is 1.70. The van der Waals surface area contributed by atoms with E-state index in [1.165, 1.54) is 11.6 Å². The minimum atomic E-state index is -0.223. The van der Waals surface area contributed by atoms with Gasteiger partial charge in [0.2, 0.25) is 0 Å². The van der Waals surface area contributed by atoms with Gasteiger partial charge in [-0.05, 0) is 48.6 Å². The highest BCUT2D eigenvalue weighted by atomic mass is 19.1. The van der Waals surface area contributed by atoms with Crippen molar-refractivity contribution in [1.82, 2.24) is 20.1 Å². The average molecular weight is 336 g/mol. The fraction of sp³-hybridized carbons (Fsp3) is 0.300. The average Bonchev–Trinajstić information content (AvgIpc) is 3.06. The first-order valence-electron chi connectivity index (χ1n) is 8.64. The summed E-state index contributed by atoms with van der Waals surface area (Å²) in [5.74, 6) is -0.223. The van der Waals surface area contributed by atoms with Crippen LogP contribution in [0.15, 0.2) is 55.0 Å². The van der Waals surface area contributed by atoms with Crippen molar-refractivity contribution in [3.05, 3.63) is 83.2 Å². The maximum absolute atomic E-state index is 13.8. The molecule has 2 atom stereocenters. The van der Waals surface area contributed by atoms with E-state index in [9.17, 15) is 4.39 Å². The van der Waals surface area contributed by atoms with Crippen LogP contribution in [-0.2, 0) is 13.5 Å². The van der Waals surface area contributed by atoms with Crippen LogP contribution in [0, 0.1) is 5.82 Å². The van der Waals surface area contributed by atoms with Crippen LogP contribution in [-0.4, -0.2) is 14.8 Å². The molecule has 0 fully saturated rings. The Labute approximate surface area is 146 Å². The molecule has 0 radical (unpaired) electrons. The third-order valence-electron chi connectivity index (χ3n) is 4.82. The quantitative estimate of drug-likeness (QED) is 0.790. The third-order valence-corrected chi connectivity index (χ3v) is 4.82. The van der Waals surface area contributed by atoms with Crippen molar-refractivity contribution in [2.45, 2.75) is 31.3 Å². The summed E-state index contributed by atoms with van der Waals surface area (Å²) in [5, 5.41) is 8.02. The first-order valence-corrected chi connectivity index (χ1v) is 8.64. The molecule has 1 aliphatic carbocycles. The van der Waals surface area contributed by atoms with Crippen molar-refractivity contribution in [1.29, 1.82) is 0 Å². The van der Waals surface area contributed by atoms with E-state index in [0.29, 0.717) is 0 Å². The lowest BCUT2D eigenvalue weighted by Crippen LogP contribution is -2.30. The van der Waals surface area contributed by atoms with E-state index in [-0.39, 0.29) is 17.9 Å². The molecule has 4 nitrogen and oxygen atoms in total. The monoisotopic (exact) mass is 336 g/mol. The lowest BCUT2D eigenvalue weighted by atomic mass is 9.89. The summed E-state index contributed by atoms with van der Waals surface area (Å²) in [4.78, 5) is 4.52. The summed E-state index contributed by atoms with van der Waals surface area (Å²) in [6.45, 7) is 0. The SMILES string of the molecule is Cn1cc(C(NC2CCCc3ncccc32)c2cccc(F)c2)cn1. The van der Waals surface area contributed by atoms with E-state index in [0.717, 1.165) is 36.1 Å². The van der Waals surface area contributed by atoms with E-state index in [1.54, 1.807) is 16.8 Å². The molecule has 1 aromatic carbocycles. The maximum Gasteiger partial charge on any atom is 0.123 e. The van der Waals surface area contributed by atoms with E-state index in [1.807, 2.05) is 37.8 Å². The van der Waals surface area contributed by atoms with E-state index in [4.69, 9.17) is 0 Å². The number of hydrogen-bond donors (Lipinski definition) is 1. The molecule has 2 aromatic heterocycles.